The Bertz CT molecular complexity index is 1300. The lowest BCUT2D eigenvalue weighted by molar-refractivity contribution is 0.0953. The van der Waals surface area contributed by atoms with Crippen LogP contribution in [0.2, 0.25) is 0 Å². The number of carbonyl (C=O) groups excluding carboxylic acids is 2. The number of thiazole rings is 1. The number of amides is 2. The number of benzene rings is 2. The number of aryl methyl sites for hydroxylation is 2. The maximum Gasteiger partial charge on any atom is 0.263 e. The van der Waals surface area contributed by atoms with Gasteiger partial charge in [-0.3, -0.25) is 9.59 Å². The third-order valence-electron chi connectivity index (χ3n) is 4.68. The monoisotopic (exact) mass is 449 g/mol. The fraction of sp³-hybridized carbons (Fsp3) is 0.125. The molecule has 2 N–H and O–H groups in total. The van der Waals surface area contributed by atoms with Crippen molar-refractivity contribution >= 4 is 28.8 Å². The molecule has 0 aliphatic carbocycles. The molecule has 4 aromatic rings. The zero-order chi connectivity index (χ0) is 22.7. The van der Waals surface area contributed by atoms with E-state index in [9.17, 15) is 14.0 Å². The van der Waals surface area contributed by atoms with Gasteiger partial charge in [0, 0.05) is 17.8 Å². The first-order valence-corrected chi connectivity index (χ1v) is 10.7. The number of anilines is 1. The average molecular weight is 450 g/mol. The van der Waals surface area contributed by atoms with Gasteiger partial charge in [-0.15, -0.1) is 11.3 Å². The lowest BCUT2D eigenvalue weighted by Crippen LogP contribution is -2.22. The van der Waals surface area contributed by atoms with Crippen LogP contribution in [0.5, 0.6) is 0 Å². The van der Waals surface area contributed by atoms with E-state index in [0.717, 1.165) is 11.3 Å². The number of carbonyl (C=O) groups is 2. The minimum Gasteiger partial charge on any atom is -0.459 e. The minimum atomic E-state index is -0.474. The summed E-state index contributed by atoms with van der Waals surface area (Å²) in [6.07, 6.45) is 0. The van der Waals surface area contributed by atoms with Crippen molar-refractivity contribution in [1.29, 1.82) is 0 Å². The van der Waals surface area contributed by atoms with Crippen LogP contribution in [0.4, 0.5) is 10.1 Å². The summed E-state index contributed by atoms with van der Waals surface area (Å²) in [5, 5.41) is 6.28. The summed E-state index contributed by atoms with van der Waals surface area (Å²) in [4.78, 5) is 30.0. The number of aromatic nitrogens is 1. The molecule has 2 aromatic heterocycles. The second-order valence-corrected chi connectivity index (χ2v) is 8.19. The molecular formula is C24H20FN3O3S. The maximum absolute atomic E-state index is 13.3. The number of hydrogen-bond donors (Lipinski definition) is 2. The molecule has 0 bridgehead atoms. The van der Waals surface area contributed by atoms with E-state index < -0.39 is 11.7 Å². The van der Waals surface area contributed by atoms with Gasteiger partial charge in [0.2, 0.25) is 0 Å². The van der Waals surface area contributed by atoms with E-state index in [1.54, 1.807) is 25.1 Å². The molecule has 8 heteroatoms. The zero-order valence-electron chi connectivity index (χ0n) is 17.4. The third kappa shape index (κ3) is 4.92. The summed E-state index contributed by atoms with van der Waals surface area (Å²) < 4.78 is 18.9. The quantitative estimate of drug-likeness (QED) is 0.416. The molecule has 2 aromatic carbocycles. The van der Waals surface area contributed by atoms with Crippen LogP contribution in [0.15, 0.2) is 65.1 Å². The Morgan fingerprint density at radius 3 is 2.59 bits per heavy atom. The molecule has 2 heterocycles. The molecule has 0 aliphatic heterocycles. The van der Waals surface area contributed by atoms with E-state index in [2.05, 4.69) is 15.6 Å². The van der Waals surface area contributed by atoms with E-state index in [1.165, 1.54) is 35.6 Å². The van der Waals surface area contributed by atoms with E-state index >= 15 is 0 Å². The molecule has 0 spiro atoms. The molecule has 0 radical (unpaired) electrons. The molecule has 0 atom stereocenters. The Morgan fingerprint density at radius 1 is 1.03 bits per heavy atom. The molecule has 6 nitrogen and oxygen atoms in total. The van der Waals surface area contributed by atoms with Gasteiger partial charge in [-0.25, -0.2) is 9.37 Å². The largest absolute Gasteiger partial charge is 0.459 e. The molecule has 2 amide bonds. The van der Waals surface area contributed by atoms with Crippen molar-refractivity contribution in [2.24, 2.45) is 0 Å². The van der Waals surface area contributed by atoms with Gasteiger partial charge in [-0.05, 0) is 61.9 Å². The number of nitrogens with zero attached hydrogens (tertiary/aromatic N) is 1. The number of rotatable bonds is 6. The number of nitrogens with one attached hydrogen (secondary N) is 2. The standard InChI is InChI=1S/C24H20FN3O3S/c1-14-9-10-20(31-14)24-27-15(2)21(32-24)23(30)26-13-16-5-3-8-19(11-16)28-22(29)17-6-4-7-18(25)12-17/h3-12H,13H2,1-2H3,(H,26,30)(H,28,29). The predicted molar refractivity (Wildman–Crippen MR) is 121 cm³/mol. The Kier molecular flexibility index (Phi) is 6.13. The van der Waals surface area contributed by atoms with Crippen LogP contribution in [0, 0.1) is 19.7 Å². The third-order valence-corrected chi connectivity index (χ3v) is 5.85. The summed E-state index contributed by atoms with van der Waals surface area (Å²) in [6, 6.07) is 16.3. The first kappa shape index (κ1) is 21.5. The minimum absolute atomic E-state index is 0.229. The van der Waals surface area contributed by atoms with Crippen LogP contribution < -0.4 is 10.6 Å². The lowest BCUT2D eigenvalue weighted by Gasteiger charge is -2.09. The Labute approximate surface area is 188 Å². The van der Waals surface area contributed by atoms with Crippen molar-refractivity contribution in [3.63, 3.8) is 0 Å². The van der Waals surface area contributed by atoms with Gasteiger partial charge in [0.15, 0.2) is 10.8 Å². The summed E-state index contributed by atoms with van der Waals surface area (Å²) in [5.74, 6) is 0.299. The highest BCUT2D eigenvalue weighted by Gasteiger charge is 2.18. The van der Waals surface area contributed by atoms with Crippen LogP contribution in [0.1, 0.15) is 37.0 Å². The van der Waals surface area contributed by atoms with Crippen molar-refractivity contribution in [2.75, 3.05) is 5.32 Å². The summed E-state index contributed by atoms with van der Waals surface area (Å²) >= 11 is 1.27. The summed E-state index contributed by atoms with van der Waals surface area (Å²) in [7, 11) is 0. The highest BCUT2D eigenvalue weighted by atomic mass is 32.1. The molecule has 162 valence electrons. The van der Waals surface area contributed by atoms with Crippen LogP contribution in [0.3, 0.4) is 0 Å². The average Bonchev–Trinajstić information content (AvgIpc) is 3.38. The predicted octanol–water partition coefficient (Wildman–Crippen LogP) is 5.34. The Morgan fingerprint density at radius 2 is 1.84 bits per heavy atom. The van der Waals surface area contributed by atoms with Crippen molar-refractivity contribution in [3.8, 4) is 10.8 Å². The number of halogens is 1. The molecule has 32 heavy (non-hydrogen) atoms. The normalized spacial score (nSPS) is 10.7. The smallest absolute Gasteiger partial charge is 0.263 e. The highest BCUT2D eigenvalue weighted by Crippen LogP contribution is 2.29. The Balaban J connectivity index is 1.40. The van der Waals surface area contributed by atoms with E-state index in [0.29, 0.717) is 27.0 Å². The summed E-state index contributed by atoms with van der Waals surface area (Å²) in [6.45, 7) is 3.91. The van der Waals surface area contributed by atoms with Crippen LogP contribution in [-0.4, -0.2) is 16.8 Å². The van der Waals surface area contributed by atoms with E-state index in [1.807, 2.05) is 25.1 Å². The first-order valence-electron chi connectivity index (χ1n) is 9.87. The molecular weight excluding hydrogens is 429 g/mol. The molecule has 0 unspecified atom stereocenters. The van der Waals surface area contributed by atoms with Crippen LogP contribution >= 0.6 is 11.3 Å². The lowest BCUT2D eigenvalue weighted by atomic mass is 10.1. The van der Waals surface area contributed by atoms with E-state index in [4.69, 9.17) is 4.42 Å². The SMILES string of the molecule is Cc1ccc(-c2nc(C)c(C(=O)NCc3cccc(NC(=O)c4cccc(F)c4)c3)s2)o1. The van der Waals surface area contributed by atoms with Crippen LogP contribution in [0.25, 0.3) is 10.8 Å². The van der Waals surface area contributed by atoms with Gasteiger partial charge in [0.25, 0.3) is 11.8 Å². The molecule has 0 fully saturated rings. The second-order valence-electron chi connectivity index (χ2n) is 7.19. The number of furan rings is 1. The topological polar surface area (TPSA) is 84.2 Å². The van der Waals surface area contributed by atoms with Crippen LogP contribution in [-0.2, 0) is 6.54 Å². The van der Waals surface area contributed by atoms with Gasteiger partial charge in [-0.2, -0.15) is 0 Å². The zero-order valence-corrected chi connectivity index (χ0v) is 18.3. The summed E-state index contributed by atoms with van der Waals surface area (Å²) in [5.41, 5.74) is 2.22. The van der Waals surface area contributed by atoms with Gasteiger partial charge in [-0.1, -0.05) is 18.2 Å². The Hall–Kier alpha value is -3.78. The fourth-order valence-electron chi connectivity index (χ4n) is 3.12. The fourth-order valence-corrected chi connectivity index (χ4v) is 4.06. The molecule has 0 saturated heterocycles. The molecule has 4 rings (SSSR count). The number of hydrogen-bond acceptors (Lipinski definition) is 5. The van der Waals surface area contributed by atoms with Crippen molar-refractivity contribution in [3.05, 3.63) is 93.9 Å². The van der Waals surface area contributed by atoms with Gasteiger partial charge in [0.1, 0.15) is 16.5 Å². The second kappa shape index (κ2) is 9.15. The highest BCUT2D eigenvalue weighted by molar-refractivity contribution is 7.17. The van der Waals surface area contributed by atoms with Gasteiger partial charge >= 0.3 is 0 Å². The van der Waals surface area contributed by atoms with Crippen molar-refractivity contribution < 1.29 is 18.4 Å². The maximum atomic E-state index is 13.3. The molecule has 0 saturated carbocycles. The van der Waals surface area contributed by atoms with E-state index in [-0.39, 0.29) is 18.0 Å². The molecule has 0 aliphatic rings. The van der Waals surface area contributed by atoms with Crippen molar-refractivity contribution in [1.82, 2.24) is 10.3 Å². The van der Waals surface area contributed by atoms with Gasteiger partial charge < -0.3 is 15.1 Å². The van der Waals surface area contributed by atoms with Crippen molar-refractivity contribution in [2.45, 2.75) is 20.4 Å². The van der Waals surface area contributed by atoms with Gasteiger partial charge in [0.05, 0.1) is 5.69 Å². The first-order chi connectivity index (χ1) is 15.4.